The van der Waals surface area contributed by atoms with Gasteiger partial charge in [0.2, 0.25) is 5.91 Å². The van der Waals surface area contributed by atoms with Crippen molar-refractivity contribution in [2.75, 3.05) is 11.9 Å². The summed E-state index contributed by atoms with van der Waals surface area (Å²) in [5.41, 5.74) is 6.62. The molecular weight excluding hydrogens is 452 g/mol. The molecule has 0 spiro atoms. The number of aliphatic carboxylic acids is 1. The van der Waals surface area contributed by atoms with Crippen LogP contribution in [0.3, 0.4) is 0 Å². The van der Waals surface area contributed by atoms with Gasteiger partial charge < -0.3 is 20.9 Å². The Labute approximate surface area is 191 Å². The van der Waals surface area contributed by atoms with Crippen LogP contribution in [0, 0.1) is 10.1 Å². The van der Waals surface area contributed by atoms with E-state index in [0.29, 0.717) is 28.0 Å². The first-order valence-corrected chi connectivity index (χ1v) is 10.5. The third-order valence-electron chi connectivity index (χ3n) is 4.32. The van der Waals surface area contributed by atoms with Crippen LogP contribution in [0.25, 0.3) is 10.9 Å². The van der Waals surface area contributed by atoms with Gasteiger partial charge in [-0.1, -0.05) is 0 Å². The molecule has 33 heavy (non-hydrogen) atoms. The van der Waals surface area contributed by atoms with Gasteiger partial charge in [-0.2, -0.15) is 4.37 Å². The first-order chi connectivity index (χ1) is 15.7. The van der Waals surface area contributed by atoms with Crippen molar-refractivity contribution in [1.82, 2.24) is 4.37 Å². The zero-order valence-electron chi connectivity index (χ0n) is 17.4. The molecule has 3 rings (SSSR count). The molecule has 1 unspecified atom stereocenters. The molecule has 0 radical (unpaired) electrons. The second kappa shape index (κ2) is 10.6. The molecule has 1 amide bonds. The quantitative estimate of drug-likeness (QED) is 0.223. The number of rotatable bonds is 10. The van der Waals surface area contributed by atoms with E-state index in [1.807, 2.05) is 0 Å². The van der Waals surface area contributed by atoms with Crippen LogP contribution < -0.4 is 15.8 Å². The lowest BCUT2D eigenvalue weighted by Crippen LogP contribution is -2.19. The van der Waals surface area contributed by atoms with Crippen molar-refractivity contribution in [2.45, 2.75) is 25.8 Å². The number of hydrogen-bond donors (Lipinski definition) is 3. The van der Waals surface area contributed by atoms with Crippen molar-refractivity contribution in [1.29, 1.82) is 0 Å². The summed E-state index contributed by atoms with van der Waals surface area (Å²) in [7, 11) is 0. The van der Waals surface area contributed by atoms with Gasteiger partial charge in [-0.05, 0) is 43.1 Å². The molecule has 0 saturated carbocycles. The Bertz CT molecular complexity index is 1220. The van der Waals surface area contributed by atoms with Crippen LogP contribution in [0.2, 0.25) is 0 Å². The molecule has 172 valence electrons. The van der Waals surface area contributed by atoms with Crippen LogP contribution in [0.15, 0.2) is 46.6 Å². The maximum atomic E-state index is 12.1. The lowest BCUT2D eigenvalue weighted by molar-refractivity contribution is -0.384. The van der Waals surface area contributed by atoms with E-state index in [2.05, 4.69) is 19.9 Å². The van der Waals surface area contributed by atoms with E-state index in [0.717, 1.165) is 11.5 Å². The van der Waals surface area contributed by atoms with E-state index in [4.69, 9.17) is 15.6 Å². The highest BCUT2D eigenvalue weighted by Gasteiger charge is 2.13. The normalized spacial score (nSPS) is 12.1. The highest BCUT2D eigenvalue weighted by atomic mass is 32.1. The Kier molecular flexibility index (Phi) is 7.58. The van der Waals surface area contributed by atoms with Crippen molar-refractivity contribution in [3.8, 4) is 5.75 Å². The number of fused-ring (bicyclic) bond motifs is 1. The molecule has 1 heterocycles. The fraction of sp³-hybridized carbons (Fsp3) is 0.250. The molecule has 2 aromatic carbocycles. The van der Waals surface area contributed by atoms with Crippen LogP contribution >= 0.6 is 11.5 Å². The van der Waals surface area contributed by atoms with Crippen LogP contribution in [-0.4, -0.2) is 38.9 Å². The second-order valence-corrected chi connectivity index (χ2v) is 7.83. The number of benzene rings is 2. The van der Waals surface area contributed by atoms with Crippen LogP contribution in [0.4, 0.5) is 22.1 Å². The van der Waals surface area contributed by atoms with Gasteiger partial charge in [0.15, 0.2) is 11.6 Å². The number of amides is 1. The summed E-state index contributed by atoms with van der Waals surface area (Å²) in [6.07, 6.45) is 0.757. The monoisotopic (exact) mass is 472 g/mol. The zero-order chi connectivity index (χ0) is 24.0. The average molecular weight is 472 g/mol. The van der Waals surface area contributed by atoms with E-state index in [-0.39, 0.29) is 35.5 Å². The van der Waals surface area contributed by atoms with Gasteiger partial charge in [0.05, 0.1) is 10.4 Å². The minimum Gasteiger partial charge on any atom is -0.479 e. The number of carbonyl (C=O) groups is 2. The fourth-order valence-electron chi connectivity index (χ4n) is 2.71. The topological polar surface area (TPSA) is 182 Å². The Hall–Kier alpha value is -3.97. The molecule has 0 fully saturated rings. The van der Waals surface area contributed by atoms with Crippen molar-refractivity contribution in [3.63, 3.8) is 0 Å². The summed E-state index contributed by atoms with van der Waals surface area (Å²) in [6, 6.07) is 8.68. The number of non-ortho nitro benzene ring substituents is 1. The number of aromatic nitrogens is 1. The summed E-state index contributed by atoms with van der Waals surface area (Å²) >= 11 is 1.01. The number of nitro groups is 1. The Morgan fingerprint density at radius 2 is 2.09 bits per heavy atom. The summed E-state index contributed by atoms with van der Waals surface area (Å²) in [6.45, 7) is 1.19. The standard InChI is InChI=1S/C20H20N6O6S/c1-11(21)2-7-18(27)22-12-3-6-15(17(8-12)32-10-19(28)29)23-24-20-14-5-4-13(26(30)31)9-16(14)25-33-20/h3-6,8-9,11H,2,7,10,21H2,1H3,(H,22,27)(H,28,29). The van der Waals surface area contributed by atoms with Gasteiger partial charge in [0, 0.05) is 41.7 Å². The van der Waals surface area contributed by atoms with Gasteiger partial charge in [0.25, 0.3) is 5.69 Å². The lowest BCUT2D eigenvalue weighted by atomic mass is 10.2. The molecule has 1 aromatic heterocycles. The third-order valence-corrected chi connectivity index (χ3v) is 5.09. The predicted octanol–water partition coefficient (Wildman–Crippen LogP) is 4.15. The first kappa shape index (κ1) is 23.7. The number of anilines is 1. The summed E-state index contributed by atoms with van der Waals surface area (Å²) in [5.74, 6) is -1.31. The molecule has 0 aliphatic rings. The van der Waals surface area contributed by atoms with Crippen LogP contribution in [0.5, 0.6) is 5.75 Å². The lowest BCUT2D eigenvalue weighted by Gasteiger charge is -2.10. The molecular formula is C20H20N6O6S. The summed E-state index contributed by atoms with van der Waals surface area (Å²) in [5, 5.41) is 31.8. The summed E-state index contributed by atoms with van der Waals surface area (Å²) in [4.78, 5) is 33.4. The first-order valence-electron chi connectivity index (χ1n) is 9.72. The van der Waals surface area contributed by atoms with E-state index >= 15 is 0 Å². The minimum atomic E-state index is -1.18. The summed E-state index contributed by atoms with van der Waals surface area (Å²) < 4.78 is 9.46. The Balaban J connectivity index is 1.84. The molecule has 0 saturated heterocycles. The maximum Gasteiger partial charge on any atom is 0.341 e. The molecule has 0 aliphatic heterocycles. The fourth-order valence-corrected chi connectivity index (χ4v) is 3.40. The van der Waals surface area contributed by atoms with Gasteiger partial charge >= 0.3 is 5.97 Å². The maximum absolute atomic E-state index is 12.1. The SMILES string of the molecule is CC(N)CCC(=O)Nc1ccc(N=Nc2snc3cc([N+](=O)[O-])ccc23)c(OCC(=O)O)c1. The molecule has 12 nitrogen and oxygen atoms in total. The second-order valence-electron chi connectivity index (χ2n) is 7.08. The number of carboxylic acids is 1. The largest absolute Gasteiger partial charge is 0.479 e. The van der Waals surface area contributed by atoms with Crippen molar-refractivity contribution < 1.29 is 24.4 Å². The van der Waals surface area contributed by atoms with Gasteiger partial charge in [-0.3, -0.25) is 14.9 Å². The number of carboxylic acid groups (broad SMARTS) is 1. The van der Waals surface area contributed by atoms with E-state index in [1.165, 1.54) is 30.3 Å². The number of azo groups is 1. The molecule has 0 aliphatic carbocycles. The zero-order valence-corrected chi connectivity index (χ0v) is 18.2. The highest BCUT2D eigenvalue weighted by Crippen LogP contribution is 2.36. The predicted molar refractivity (Wildman–Crippen MR) is 122 cm³/mol. The van der Waals surface area contributed by atoms with E-state index in [1.54, 1.807) is 13.0 Å². The van der Waals surface area contributed by atoms with Gasteiger partial charge in [0.1, 0.15) is 11.4 Å². The van der Waals surface area contributed by atoms with Crippen LogP contribution in [-0.2, 0) is 9.59 Å². The van der Waals surface area contributed by atoms with Crippen molar-refractivity contribution in [2.24, 2.45) is 16.0 Å². The Morgan fingerprint density at radius 1 is 1.30 bits per heavy atom. The van der Waals surface area contributed by atoms with Crippen molar-refractivity contribution in [3.05, 3.63) is 46.5 Å². The van der Waals surface area contributed by atoms with E-state index < -0.39 is 17.5 Å². The third kappa shape index (κ3) is 6.51. The van der Waals surface area contributed by atoms with Crippen molar-refractivity contribution >= 4 is 56.4 Å². The molecule has 1 atom stereocenters. The molecule has 4 N–H and O–H groups in total. The number of nitro benzene ring substituents is 1. The Morgan fingerprint density at radius 3 is 2.79 bits per heavy atom. The molecule has 3 aromatic rings. The average Bonchev–Trinajstić information content (AvgIpc) is 3.17. The van der Waals surface area contributed by atoms with Gasteiger partial charge in [-0.25, -0.2) is 4.79 Å². The number of ether oxygens (including phenoxy) is 1. The number of carbonyl (C=O) groups excluding carboxylic acids is 1. The number of hydrogen-bond acceptors (Lipinski definition) is 10. The highest BCUT2D eigenvalue weighted by molar-refractivity contribution is 7.11. The number of nitrogens with zero attached hydrogens (tertiary/aromatic N) is 4. The van der Waals surface area contributed by atoms with Gasteiger partial charge in [-0.15, -0.1) is 10.2 Å². The minimum absolute atomic E-state index is 0.0841. The molecule has 13 heteroatoms. The molecule has 0 bridgehead atoms. The van der Waals surface area contributed by atoms with Crippen LogP contribution in [0.1, 0.15) is 19.8 Å². The smallest absolute Gasteiger partial charge is 0.341 e. The van der Waals surface area contributed by atoms with E-state index in [9.17, 15) is 19.7 Å². The number of nitrogens with two attached hydrogens (primary N) is 1. The number of nitrogens with one attached hydrogen (secondary N) is 1.